The maximum atomic E-state index is 11.6. The molecule has 0 radical (unpaired) electrons. The molecule has 0 aromatic carbocycles. The fourth-order valence-electron chi connectivity index (χ4n) is 1.27. The zero-order valence-electron chi connectivity index (χ0n) is 11.6. The molecule has 0 aliphatic heterocycles. The Morgan fingerprint density at radius 2 is 1.95 bits per heavy atom. The second kappa shape index (κ2) is 8.39. The van der Waals surface area contributed by atoms with Crippen molar-refractivity contribution in [1.82, 2.24) is 5.32 Å². The molecule has 1 N–H and O–H groups in total. The summed E-state index contributed by atoms with van der Waals surface area (Å²) in [6, 6.07) is 0.683. The predicted octanol–water partition coefficient (Wildman–Crippen LogP) is 0.992. The lowest BCUT2D eigenvalue weighted by atomic mass is 10.0. The Balaban J connectivity index is 5.66. The monoisotopic (exact) mass is 281 g/mol. The summed E-state index contributed by atoms with van der Waals surface area (Å²) in [5, 5.41) is 14.7. The van der Waals surface area contributed by atoms with E-state index in [0.717, 1.165) is 7.11 Å². The fourth-order valence-corrected chi connectivity index (χ4v) is 1.27. The number of carbonyl (C=O) groups is 2. The Kier molecular flexibility index (Phi) is 7.25. The number of nitriles is 1. The third-order valence-electron chi connectivity index (χ3n) is 2.30. The zero-order valence-corrected chi connectivity index (χ0v) is 11.6. The highest BCUT2D eigenvalue weighted by atomic mass is 16.5. The van der Waals surface area contributed by atoms with Crippen LogP contribution in [0.25, 0.3) is 10.4 Å². The molecule has 0 spiro atoms. The number of azide groups is 1. The lowest BCUT2D eigenvalue weighted by Gasteiger charge is -2.21. The van der Waals surface area contributed by atoms with Gasteiger partial charge in [0, 0.05) is 4.91 Å². The fraction of sp³-hybridized carbons (Fsp3) is 0.545. The van der Waals surface area contributed by atoms with Crippen molar-refractivity contribution in [2.45, 2.75) is 19.9 Å². The van der Waals surface area contributed by atoms with Crippen LogP contribution in [0.4, 0.5) is 0 Å². The Morgan fingerprint density at radius 3 is 2.30 bits per heavy atom. The minimum Gasteiger partial charge on any atom is -0.467 e. The van der Waals surface area contributed by atoms with E-state index in [2.05, 4.69) is 24.8 Å². The van der Waals surface area contributed by atoms with E-state index in [9.17, 15) is 9.59 Å². The van der Waals surface area contributed by atoms with Gasteiger partial charge in [-0.1, -0.05) is 13.8 Å². The Labute approximate surface area is 115 Å². The van der Waals surface area contributed by atoms with Gasteiger partial charge in [-0.15, -0.1) is 0 Å². The molecule has 108 valence electrons. The number of carbonyl (C=O) groups excluding carboxylic acids is 2. The predicted molar refractivity (Wildman–Crippen MR) is 67.6 cm³/mol. The van der Waals surface area contributed by atoms with Crippen LogP contribution >= 0.6 is 0 Å². The van der Waals surface area contributed by atoms with E-state index >= 15 is 0 Å². The van der Waals surface area contributed by atoms with Crippen LogP contribution in [0.5, 0.6) is 0 Å². The standard InChI is InChI=1S/C11H15N5O4/c1-6(2)8(11(18)20-4)14-9(15-16-13)7(5-12)10(17)19-3/h6,8,14H,1-4H3/b9-7+. The first kappa shape index (κ1) is 17.3. The summed E-state index contributed by atoms with van der Waals surface area (Å²) >= 11 is 0. The van der Waals surface area contributed by atoms with E-state index < -0.39 is 23.6 Å². The van der Waals surface area contributed by atoms with Crippen LogP contribution in [-0.2, 0) is 19.1 Å². The van der Waals surface area contributed by atoms with E-state index in [1.807, 2.05) is 0 Å². The largest absolute Gasteiger partial charge is 0.467 e. The first-order valence-electron chi connectivity index (χ1n) is 5.55. The minimum atomic E-state index is -0.977. The van der Waals surface area contributed by atoms with Crippen LogP contribution in [0.15, 0.2) is 16.5 Å². The topological polar surface area (TPSA) is 137 Å². The molecule has 1 atom stereocenters. The molecule has 0 bridgehead atoms. The molecule has 0 aromatic rings. The maximum Gasteiger partial charge on any atom is 0.350 e. The van der Waals surface area contributed by atoms with Crippen LogP contribution in [0.1, 0.15) is 13.8 Å². The molecular formula is C11H15N5O4. The van der Waals surface area contributed by atoms with Gasteiger partial charge in [0.15, 0.2) is 5.57 Å². The molecule has 9 heteroatoms. The smallest absolute Gasteiger partial charge is 0.350 e. The molecule has 0 saturated carbocycles. The SMILES string of the molecule is COC(=O)/C(C#N)=C(/N=[N+]=[N-])NC(C(=O)OC)C(C)C. The molecule has 1 unspecified atom stereocenters. The summed E-state index contributed by atoms with van der Waals surface area (Å²) in [4.78, 5) is 25.5. The van der Waals surface area contributed by atoms with Gasteiger partial charge < -0.3 is 14.8 Å². The second-order valence-electron chi connectivity index (χ2n) is 3.91. The molecule has 0 heterocycles. The number of hydrogen-bond acceptors (Lipinski definition) is 7. The maximum absolute atomic E-state index is 11.6. The molecule has 0 aromatic heterocycles. The van der Waals surface area contributed by atoms with Crippen LogP contribution in [0.2, 0.25) is 0 Å². The molecular weight excluding hydrogens is 266 g/mol. The number of methoxy groups -OCH3 is 2. The summed E-state index contributed by atoms with van der Waals surface area (Å²) < 4.78 is 9.00. The Bertz CT molecular complexity index is 499. The summed E-state index contributed by atoms with van der Waals surface area (Å²) in [6.07, 6.45) is 0. The lowest BCUT2D eigenvalue weighted by molar-refractivity contribution is -0.144. The average Bonchev–Trinajstić information content (AvgIpc) is 2.43. The minimum absolute atomic E-state index is 0.232. The highest BCUT2D eigenvalue weighted by molar-refractivity contribution is 5.93. The molecule has 9 nitrogen and oxygen atoms in total. The van der Waals surface area contributed by atoms with E-state index in [1.165, 1.54) is 7.11 Å². The van der Waals surface area contributed by atoms with Crippen LogP contribution in [0.3, 0.4) is 0 Å². The lowest BCUT2D eigenvalue weighted by Crippen LogP contribution is -2.41. The van der Waals surface area contributed by atoms with Crippen LogP contribution in [0, 0.1) is 17.2 Å². The van der Waals surface area contributed by atoms with Gasteiger partial charge in [0.2, 0.25) is 0 Å². The van der Waals surface area contributed by atoms with Gasteiger partial charge >= 0.3 is 11.9 Å². The van der Waals surface area contributed by atoms with Crippen molar-refractivity contribution >= 4 is 11.9 Å². The Morgan fingerprint density at radius 1 is 1.35 bits per heavy atom. The molecule has 20 heavy (non-hydrogen) atoms. The summed E-state index contributed by atoms with van der Waals surface area (Å²) in [5.74, 6) is -2.21. The summed E-state index contributed by atoms with van der Waals surface area (Å²) in [7, 11) is 2.27. The number of nitrogens with zero attached hydrogens (tertiary/aromatic N) is 4. The summed E-state index contributed by atoms with van der Waals surface area (Å²) in [6.45, 7) is 3.43. The number of nitrogens with one attached hydrogen (secondary N) is 1. The van der Waals surface area contributed by atoms with Crippen molar-refractivity contribution in [3.8, 4) is 6.07 Å². The average molecular weight is 281 g/mol. The van der Waals surface area contributed by atoms with Gasteiger partial charge in [-0.05, 0) is 16.6 Å². The molecule has 0 aliphatic carbocycles. The molecule has 0 fully saturated rings. The van der Waals surface area contributed by atoms with Gasteiger partial charge in [-0.3, -0.25) is 0 Å². The first-order chi connectivity index (χ1) is 9.42. The van der Waals surface area contributed by atoms with E-state index in [1.54, 1.807) is 19.9 Å². The third-order valence-corrected chi connectivity index (χ3v) is 2.30. The summed E-state index contributed by atoms with van der Waals surface area (Å²) in [5.41, 5.74) is 7.96. The van der Waals surface area contributed by atoms with Crippen molar-refractivity contribution in [2.75, 3.05) is 14.2 Å². The number of esters is 2. The van der Waals surface area contributed by atoms with Crippen molar-refractivity contribution in [1.29, 1.82) is 5.26 Å². The Hall–Kier alpha value is -2.72. The van der Waals surface area contributed by atoms with E-state index in [4.69, 9.17) is 10.8 Å². The number of ether oxygens (including phenoxy) is 2. The van der Waals surface area contributed by atoms with Crippen molar-refractivity contribution in [3.05, 3.63) is 21.8 Å². The molecule has 0 aliphatic rings. The van der Waals surface area contributed by atoms with Gasteiger partial charge in [-0.2, -0.15) is 5.26 Å². The molecule has 0 saturated heterocycles. The van der Waals surface area contributed by atoms with Crippen LogP contribution in [-0.4, -0.2) is 32.2 Å². The van der Waals surface area contributed by atoms with E-state index in [0.29, 0.717) is 0 Å². The zero-order chi connectivity index (χ0) is 15.7. The van der Waals surface area contributed by atoms with Gasteiger partial charge in [0.25, 0.3) is 0 Å². The third kappa shape index (κ3) is 4.51. The van der Waals surface area contributed by atoms with Gasteiger partial charge in [0.05, 0.1) is 14.2 Å². The van der Waals surface area contributed by atoms with Gasteiger partial charge in [0.1, 0.15) is 17.9 Å². The molecule has 0 amide bonds. The van der Waals surface area contributed by atoms with Crippen molar-refractivity contribution in [3.63, 3.8) is 0 Å². The normalized spacial score (nSPS) is 12.4. The number of rotatable bonds is 6. The first-order valence-corrected chi connectivity index (χ1v) is 5.55. The van der Waals surface area contributed by atoms with Crippen molar-refractivity contribution < 1.29 is 19.1 Å². The second-order valence-corrected chi connectivity index (χ2v) is 3.91. The van der Waals surface area contributed by atoms with E-state index in [-0.39, 0.29) is 11.7 Å². The molecule has 0 rings (SSSR count). The van der Waals surface area contributed by atoms with Crippen molar-refractivity contribution in [2.24, 2.45) is 11.0 Å². The number of hydrogen-bond donors (Lipinski definition) is 1. The quantitative estimate of drug-likeness (QED) is 0.192. The van der Waals surface area contributed by atoms with Gasteiger partial charge in [-0.25, -0.2) is 9.59 Å². The highest BCUT2D eigenvalue weighted by Crippen LogP contribution is 2.11. The van der Waals surface area contributed by atoms with Crippen LogP contribution < -0.4 is 5.32 Å². The highest BCUT2D eigenvalue weighted by Gasteiger charge is 2.26.